The normalized spacial score (nSPS) is 19.5. The summed E-state index contributed by atoms with van der Waals surface area (Å²) in [5.41, 5.74) is 23.9. The Morgan fingerprint density at radius 2 is 1.12 bits per heavy atom. The van der Waals surface area contributed by atoms with Crippen molar-refractivity contribution in [3.05, 3.63) is 161 Å². The number of nitrogens with zero attached hydrogens (tertiary/aromatic N) is 3. The summed E-state index contributed by atoms with van der Waals surface area (Å²) in [6.07, 6.45) is 4.79. The van der Waals surface area contributed by atoms with Gasteiger partial charge < -0.3 is 19.1 Å². The Bertz CT molecular complexity index is 3330. The van der Waals surface area contributed by atoms with Crippen LogP contribution in [0.1, 0.15) is 135 Å². The van der Waals surface area contributed by atoms with Crippen molar-refractivity contribution in [3.63, 3.8) is 0 Å². The zero-order valence-corrected chi connectivity index (χ0v) is 43.3. The van der Waals surface area contributed by atoms with E-state index in [0.717, 1.165) is 40.0 Å². The van der Waals surface area contributed by atoms with E-state index >= 15 is 0 Å². The third-order valence-corrected chi connectivity index (χ3v) is 17.3. The number of hydrogen-bond acceptors (Lipinski definition) is 4. The molecule has 0 saturated heterocycles. The van der Waals surface area contributed by atoms with Gasteiger partial charge in [-0.1, -0.05) is 161 Å². The fraction of sp³-hybridized carbons (Fsp3) is 0.344. The van der Waals surface area contributed by atoms with Crippen molar-refractivity contribution in [2.24, 2.45) is 0 Å². The average Bonchev–Trinajstić information content (AvgIpc) is 3.78. The highest BCUT2D eigenvalue weighted by atomic mass is 16.3. The Kier molecular flexibility index (Phi) is 9.36. The predicted octanol–water partition coefficient (Wildman–Crippen LogP) is 15.9. The van der Waals surface area contributed by atoms with E-state index in [4.69, 9.17) is 4.42 Å². The zero-order chi connectivity index (χ0) is 48.3. The molecule has 1 fully saturated rings. The van der Waals surface area contributed by atoms with E-state index in [2.05, 4.69) is 232 Å². The average molecular weight is 906 g/mol. The number of hydrogen-bond donors (Lipinski definition) is 0. The zero-order valence-electron chi connectivity index (χ0n) is 43.3. The van der Waals surface area contributed by atoms with Gasteiger partial charge >= 0.3 is 0 Å². The van der Waals surface area contributed by atoms with Crippen LogP contribution in [0.5, 0.6) is 0 Å². The number of rotatable bonds is 4. The molecule has 0 radical (unpaired) electrons. The van der Waals surface area contributed by atoms with E-state index < -0.39 is 0 Å². The summed E-state index contributed by atoms with van der Waals surface area (Å²) in [6.45, 7) is 30.7. The van der Waals surface area contributed by atoms with Crippen molar-refractivity contribution in [3.8, 4) is 0 Å². The van der Waals surface area contributed by atoms with Gasteiger partial charge in [0.05, 0.1) is 28.0 Å². The lowest BCUT2D eigenvalue weighted by atomic mass is 9.33. The molecule has 12 rings (SSSR count). The maximum Gasteiger partial charge on any atom is 0.252 e. The van der Waals surface area contributed by atoms with E-state index in [1.54, 1.807) is 0 Å². The van der Waals surface area contributed by atoms with Gasteiger partial charge in [0.25, 0.3) is 6.71 Å². The highest BCUT2D eigenvalue weighted by Crippen LogP contribution is 2.62. The summed E-state index contributed by atoms with van der Waals surface area (Å²) >= 11 is 0. The molecule has 7 aromatic carbocycles. The molecule has 3 aliphatic heterocycles. The van der Waals surface area contributed by atoms with Crippen LogP contribution in [0.4, 0.5) is 45.5 Å². The van der Waals surface area contributed by atoms with Crippen LogP contribution in [0.25, 0.3) is 21.9 Å². The van der Waals surface area contributed by atoms with Crippen molar-refractivity contribution < 1.29 is 4.42 Å². The molecule has 1 aromatic heterocycles. The van der Waals surface area contributed by atoms with E-state index in [0.29, 0.717) is 0 Å². The molecule has 2 atom stereocenters. The quantitative estimate of drug-likeness (QED) is 0.164. The molecular weight excluding hydrogens is 838 g/mol. The Labute approximate surface area is 411 Å². The van der Waals surface area contributed by atoms with E-state index in [-0.39, 0.29) is 33.9 Å². The van der Waals surface area contributed by atoms with Crippen LogP contribution in [0, 0.1) is 13.8 Å². The van der Waals surface area contributed by atoms with Crippen LogP contribution in [0.15, 0.2) is 132 Å². The molecule has 69 heavy (non-hydrogen) atoms. The molecule has 4 aliphatic rings. The number of anilines is 8. The first-order valence-electron chi connectivity index (χ1n) is 25.7. The van der Waals surface area contributed by atoms with Crippen molar-refractivity contribution >= 4 is 90.5 Å². The Morgan fingerprint density at radius 1 is 0.536 bits per heavy atom. The van der Waals surface area contributed by atoms with Crippen LogP contribution in [-0.2, 0) is 21.7 Å². The first-order valence-corrected chi connectivity index (χ1v) is 25.7. The number of furan rings is 1. The highest BCUT2D eigenvalue weighted by Gasteiger charge is 2.61. The third-order valence-electron chi connectivity index (χ3n) is 17.3. The fourth-order valence-corrected chi connectivity index (χ4v) is 13.3. The van der Waals surface area contributed by atoms with Gasteiger partial charge in [-0.05, 0) is 148 Å². The van der Waals surface area contributed by atoms with E-state index in [1.807, 2.05) is 0 Å². The van der Waals surface area contributed by atoms with Crippen LogP contribution in [0.2, 0.25) is 0 Å². The van der Waals surface area contributed by atoms with Crippen LogP contribution in [-0.4, -0.2) is 12.3 Å². The molecular formula is C64H68BN3O. The summed E-state index contributed by atoms with van der Waals surface area (Å²) in [4.78, 5) is 8.09. The van der Waals surface area contributed by atoms with Crippen LogP contribution < -0.4 is 31.1 Å². The second-order valence-corrected chi connectivity index (χ2v) is 24.7. The van der Waals surface area contributed by atoms with E-state index in [9.17, 15) is 0 Å². The van der Waals surface area contributed by atoms with Gasteiger partial charge in [-0.2, -0.15) is 0 Å². The summed E-state index contributed by atoms with van der Waals surface area (Å²) in [5, 5.41) is 2.33. The number of aryl methyl sites for hydroxylation is 2. The van der Waals surface area contributed by atoms with Gasteiger partial charge in [0, 0.05) is 39.2 Å². The Morgan fingerprint density at radius 3 is 1.74 bits per heavy atom. The Balaban J connectivity index is 1.24. The third kappa shape index (κ3) is 6.27. The fourth-order valence-electron chi connectivity index (χ4n) is 13.3. The van der Waals surface area contributed by atoms with Crippen molar-refractivity contribution in [2.75, 3.05) is 14.7 Å². The summed E-state index contributed by atoms with van der Waals surface area (Å²) in [7, 11) is 0. The maximum atomic E-state index is 6.83. The predicted molar refractivity (Wildman–Crippen MR) is 296 cm³/mol. The van der Waals surface area contributed by atoms with Gasteiger partial charge in [-0.15, -0.1) is 0 Å². The second-order valence-electron chi connectivity index (χ2n) is 24.7. The number of benzene rings is 7. The maximum absolute atomic E-state index is 6.83. The summed E-state index contributed by atoms with van der Waals surface area (Å²) in [5.74, 6) is 0. The molecule has 4 heterocycles. The molecule has 0 spiro atoms. The lowest BCUT2D eigenvalue weighted by Crippen LogP contribution is -2.64. The standard InChI is InChI=1S/C64H68BN3O/c1-39-35-43(62(9,10)11)36-40(2)57(39)67-51-37-46(66(44-27-23-41(24-28-44)60(3,4)5)45-29-25-42(26-30-45)61(6,7)8)38-52-56(51)65(50-31-32-54-55(59(50)67)47-19-14-15-22-53(47)69-54)49-21-18-20-48-58(49)68(52)64(13)34-17-16-33-63(48,64)12/h14-15,18-32,35-38H,16-17,33-34H2,1-13H3. The molecule has 4 nitrogen and oxygen atoms in total. The van der Waals surface area contributed by atoms with Gasteiger partial charge in [0.1, 0.15) is 11.2 Å². The molecule has 0 N–H and O–H groups in total. The molecule has 8 aromatic rings. The minimum Gasteiger partial charge on any atom is -0.456 e. The first kappa shape index (κ1) is 44.0. The SMILES string of the molecule is Cc1cc(C(C)(C)C)cc(C)c1N1c2cc(N(c3ccc(C(C)(C)C)cc3)c3ccc(C(C)(C)C)cc3)cc3c2B(c2cccc4c2N3C2(C)CCCCC42C)c2ccc3oc4ccccc4c3c21. The molecule has 2 unspecified atom stereocenters. The molecule has 1 saturated carbocycles. The van der Waals surface area contributed by atoms with E-state index in [1.165, 1.54) is 103 Å². The highest BCUT2D eigenvalue weighted by molar-refractivity contribution is 7.00. The van der Waals surface area contributed by atoms with Crippen LogP contribution in [0.3, 0.4) is 0 Å². The lowest BCUT2D eigenvalue weighted by Gasteiger charge is -2.53. The smallest absolute Gasteiger partial charge is 0.252 e. The molecule has 0 bridgehead atoms. The number of fused-ring (bicyclic) bond motifs is 11. The van der Waals surface area contributed by atoms with Gasteiger partial charge in [0.2, 0.25) is 0 Å². The monoisotopic (exact) mass is 906 g/mol. The minimum atomic E-state index is -0.120. The largest absolute Gasteiger partial charge is 0.456 e. The molecule has 5 heteroatoms. The van der Waals surface area contributed by atoms with Gasteiger partial charge in [-0.3, -0.25) is 0 Å². The number of para-hydroxylation sites is 2. The van der Waals surface area contributed by atoms with Crippen LogP contribution >= 0.6 is 0 Å². The molecule has 348 valence electrons. The van der Waals surface area contributed by atoms with Crippen molar-refractivity contribution in [2.45, 2.75) is 143 Å². The lowest BCUT2D eigenvalue weighted by molar-refractivity contribution is 0.195. The Hall–Kier alpha value is -6.20. The van der Waals surface area contributed by atoms with Gasteiger partial charge in [0.15, 0.2) is 0 Å². The van der Waals surface area contributed by atoms with Crippen molar-refractivity contribution in [1.82, 2.24) is 0 Å². The summed E-state index contributed by atoms with van der Waals surface area (Å²) in [6, 6.07) is 49.5. The van der Waals surface area contributed by atoms with Crippen molar-refractivity contribution in [1.29, 1.82) is 0 Å². The first-order chi connectivity index (χ1) is 32.7. The van der Waals surface area contributed by atoms with Gasteiger partial charge in [-0.25, -0.2) is 0 Å². The minimum absolute atomic E-state index is 0.00308. The topological polar surface area (TPSA) is 22.9 Å². The molecule has 0 amide bonds. The second kappa shape index (κ2) is 14.7. The summed E-state index contributed by atoms with van der Waals surface area (Å²) < 4.78 is 6.83. The molecule has 1 aliphatic carbocycles.